The van der Waals surface area contributed by atoms with Crippen LogP contribution in [-0.4, -0.2) is 46.0 Å². The summed E-state index contributed by atoms with van der Waals surface area (Å²) in [4.78, 5) is 50.9. The monoisotopic (exact) mass is 507 g/mol. The molecule has 0 bridgehead atoms. The van der Waals surface area contributed by atoms with Crippen LogP contribution in [0.15, 0.2) is 60.8 Å². The van der Waals surface area contributed by atoms with Crippen LogP contribution in [0.2, 0.25) is 0 Å². The quantitative estimate of drug-likeness (QED) is 0.339. The van der Waals surface area contributed by atoms with Gasteiger partial charge in [-0.3, -0.25) is 9.59 Å². The number of rotatable bonds is 9. The Morgan fingerprint density at radius 1 is 0.946 bits per heavy atom. The number of carbonyl (C=O) groups is 4. The van der Waals surface area contributed by atoms with Gasteiger partial charge in [-0.2, -0.15) is 0 Å². The summed E-state index contributed by atoms with van der Waals surface area (Å²) in [6, 6.07) is 14.0. The highest BCUT2D eigenvalue weighted by Crippen LogP contribution is 2.22. The number of fused-ring (bicyclic) bond motifs is 1. The minimum Gasteiger partial charge on any atom is -0.459 e. The molecule has 0 aliphatic carbocycles. The third kappa shape index (κ3) is 7.67. The lowest BCUT2D eigenvalue weighted by Gasteiger charge is -2.24. The van der Waals surface area contributed by atoms with Gasteiger partial charge in [0.05, 0.1) is 0 Å². The molecule has 9 heteroatoms. The second kappa shape index (κ2) is 11.7. The van der Waals surface area contributed by atoms with Gasteiger partial charge in [-0.1, -0.05) is 48.5 Å². The van der Waals surface area contributed by atoms with E-state index in [4.69, 9.17) is 9.47 Å². The minimum atomic E-state index is -1.52. The highest BCUT2D eigenvalue weighted by Gasteiger charge is 2.32. The van der Waals surface area contributed by atoms with Gasteiger partial charge in [-0.15, -0.1) is 0 Å². The second-order valence-electron chi connectivity index (χ2n) is 9.83. The van der Waals surface area contributed by atoms with E-state index in [0.29, 0.717) is 0 Å². The topological polar surface area (TPSA) is 116 Å². The largest absolute Gasteiger partial charge is 0.459 e. The fourth-order valence-corrected chi connectivity index (χ4v) is 3.85. The van der Waals surface area contributed by atoms with Gasteiger partial charge in [-0.05, 0) is 44.9 Å². The van der Waals surface area contributed by atoms with Crippen LogP contribution in [0.3, 0.4) is 0 Å². The van der Waals surface area contributed by atoms with E-state index in [9.17, 15) is 19.2 Å². The molecule has 0 saturated carbocycles. The summed E-state index contributed by atoms with van der Waals surface area (Å²) in [5.74, 6) is -2.19. The predicted octanol–water partition coefficient (Wildman–Crippen LogP) is 3.43. The molecule has 1 heterocycles. The van der Waals surface area contributed by atoms with Gasteiger partial charge >= 0.3 is 12.1 Å². The van der Waals surface area contributed by atoms with Crippen LogP contribution in [0.25, 0.3) is 10.9 Å². The molecule has 0 aliphatic heterocycles. The highest BCUT2D eigenvalue weighted by molar-refractivity contribution is 6.05. The summed E-state index contributed by atoms with van der Waals surface area (Å²) in [6.07, 6.45) is 1.19. The van der Waals surface area contributed by atoms with E-state index in [2.05, 4.69) is 10.6 Å². The molecule has 0 fully saturated rings. The Morgan fingerprint density at radius 3 is 2.24 bits per heavy atom. The van der Waals surface area contributed by atoms with Crippen molar-refractivity contribution in [2.24, 2.45) is 7.05 Å². The number of ether oxygens (including phenoxy) is 2. The number of nitrogens with one attached hydrogen (secondary N) is 2. The average Bonchev–Trinajstić information content (AvgIpc) is 3.15. The first-order valence-electron chi connectivity index (χ1n) is 12.0. The number of amides is 2. The van der Waals surface area contributed by atoms with E-state index >= 15 is 0 Å². The molecular formula is C28H33N3O6. The van der Waals surface area contributed by atoms with Gasteiger partial charge in [0.1, 0.15) is 18.2 Å². The smallest absolute Gasteiger partial charge is 0.408 e. The number of aromatic nitrogens is 1. The van der Waals surface area contributed by atoms with E-state index in [1.54, 1.807) is 45.0 Å². The zero-order valence-corrected chi connectivity index (χ0v) is 21.7. The van der Waals surface area contributed by atoms with Crippen molar-refractivity contribution in [2.75, 3.05) is 0 Å². The van der Waals surface area contributed by atoms with Crippen molar-refractivity contribution in [3.8, 4) is 0 Å². The lowest BCUT2D eigenvalue weighted by atomic mass is 10.0. The number of hydrogen-bond donors (Lipinski definition) is 2. The molecule has 2 N–H and O–H groups in total. The zero-order valence-electron chi connectivity index (χ0n) is 21.7. The van der Waals surface area contributed by atoms with E-state index in [0.717, 1.165) is 22.0 Å². The molecule has 1 aromatic heterocycles. The fourth-order valence-electron chi connectivity index (χ4n) is 3.85. The lowest BCUT2D eigenvalue weighted by Crippen LogP contribution is -2.55. The molecule has 1 unspecified atom stereocenters. The van der Waals surface area contributed by atoms with Crippen molar-refractivity contribution in [1.29, 1.82) is 0 Å². The number of alkyl carbamates (subject to hydrolysis) is 1. The summed E-state index contributed by atoms with van der Waals surface area (Å²) in [5, 5.41) is 5.96. The summed E-state index contributed by atoms with van der Waals surface area (Å²) >= 11 is 0. The number of nitrogens with zero attached hydrogens (tertiary/aromatic N) is 1. The molecule has 0 aliphatic rings. The molecule has 3 rings (SSSR count). The van der Waals surface area contributed by atoms with Crippen LogP contribution < -0.4 is 10.6 Å². The van der Waals surface area contributed by atoms with Crippen molar-refractivity contribution in [1.82, 2.24) is 15.2 Å². The number of aryl methyl sites for hydroxylation is 1. The average molecular weight is 508 g/mol. The van der Waals surface area contributed by atoms with Crippen LogP contribution in [0.4, 0.5) is 4.79 Å². The Kier molecular flexibility index (Phi) is 8.70. The Bertz CT molecular complexity index is 1280. The number of hydrogen-bond acceptors (Lipinski definition) is 6. The van der Waals surface area contributed by atoms with Gasteiger partial charge in [-0.25, -0.2) is 9.59 Å². The molecule has 3 aromatic rings. The number of Topliss-reactive ketones (excluding diaryl/α,β-unsaturated/α-hetero) is 1. The highest BCUT2D eigenvalue weighted by atomic mass is 16.6. The maximum atomic E-state index is 13.3. The van der Waals surface area contributed by atoms with Crippen LogP contribution >= 0.6 is 0 Å². The Hall–Kier alpha value is -4.14. The van der Waals surface area contributed by atoms with Crippen molar-refractivity contribution in [2.45, 2.75) is 58.4 Å². The maximum Gasteiger partial charge on any atom is 0.408 e. The molecule has 9 nitrogen and oxygen atoms in total. The number of para-hydroxylation sites is 1. The van der Waals surface area contributed by atoms with Crippen LogP contribution in [0, 0.1) is 0 Å². The summed E-state index contributed by atoms with van der Waals surface area (Å²) < 4.78 is 12.5. The molecule has 0 saturated heterocycles. The summed E-state index contributed by atoms with van der Waals surface area (Å²) in [5.41, 5.74) is 1.72. The number of benzene rings is 2. The van der Waals surface area contributed by atoms with Gasteiger partial charge < -0.3 is 24.7 Å². The molecular weight excluding hydrogens is 474 g/mol. The van der Waals surface area contributed by atoms with E-state index in [1.165, 1.54) is 6.92 Å². The van der Waals surface area contributed by atoms with Crippen molar-refractivity contribution in [3.63, 3.8) is 0 Å². The van der Waals surface area contributed by atoms with Gasteiger partial charge in [0, 0.05) is 30.6 Å². The minimum absolute atomic E-state index is 0.0467. The Balaban J connectivity index is 1.80. The zero-order chi connectivity index (χ0) is 27.2. The van der Waals surface area contributed by atoms with E-state index < -0.39 is 41.4 Å². The van der Waals surface area contributed by atoms with Crippen LogP contribution in [0.1, 0.15) is 38.8 Å². The molecule has 2 aromatic carbocycles. The normalized spacial score (nSPS) is 12.9. The number of carbonyl (C=O) groups excluding carboxylic acids is 4. The first kappa shape index (κ1) is 27.4. The molecule has 196 valence electrons. The van der Waals surface area contributed by atoms with Crippen LogP contribution in [-0.2, 0) is 43.9 Å². The maximum absolute atomic E-state index is 13.3. The summed E-state index contributed by atoms with van der Waals surface area (Å²) in [6.45, 7) is 6.27. The first-order chi connectivity index (χ1) is 17.4. The van der Waals surface area contributed by atoms with Gasteiger partial charge in [0.2, 0.25) is 5.91 Å². The molecule has 37 heavy (non-hydrogen) atoms. The van der Waals surface area contributed by atoms with E-state index in [-0.39, 0.29) is 13.0 Å². The number of esters is 1. The summed E-state index contributed by atoms with van der Waals surface area (Å²) in [7, 11) is 1.89. The third-order valence-corrected chi connectivity index (χ3v) is 5.56. The lowest BCUT2D eigenvalue weighted by molar-refractivity contribution is -0.152. The SMILES string of the molecule is CC(=O)C(NC(=O)[C@@H](Cc1cn(C)c2ccccc12)NC(=O)OC(C)(C)C)C(=O)OCc1ccccc1. The number of ketones is 1. The van der Waals surface area contributed by atoms with Crippen LogP contribution in [0.5, 0.6) is 0 Å². The Morgan fingerprint density at radius 2 is 1.59 bits per heavy atom. The van der Waals surface area contributed by atoms with Crippen molar-refractivity contribution < 1.29 is 28.7 Å². The third-order valence-electron chi connectivity index (χ3n) is 5.56. The first-order valence-corrected chi connectivity index (χ1v) is 12.0. The standard InChI is InChI=1S/C28H33N3O6/c1-18(32)24(26(34)36-17-19-11-7-6-8-12-19)30-25(33)22(29-27(35)37-28(2,3)4)15-20-16-31(5)23-14-10-9-13-21(20)23/h6-14,16,22,24H,15,17H2,1-5H3,(H,29,35)(H,30,33)/t22-,24?/m1/s1. The second-order valence-corrected chi connectivity index (χ2v) is 9.83. The molecule has 0 radical (unpaired) electrons. The fraction of sp³-hybridized carbons (Fsp3) is 0.357. The predicted molar refractivity (Wildman–Crippen MR) is 139 cm³/mol. The van der Waals surface area contributed by atoms with Crippen molar-refractivity contribution >= 4 is 34.7 Å². The van der Waals surface area contributed by atoms with Gasteiger partial charge in [0.15, 0.2) is 11.8 Å². The molecule has 2 amide bonds. The Labute approximate surface area is 216 Å². The molecule has 2 atom stereocenters. The molecule has 0 spiro atoms. The van der Waals surface area contributed by atoms with Gasteiger partial charge in [0.25, 0.3) is 0 Å². The van der Waals surface area contributed by atoms with Crippen molar-refractivity contribution in [3.05, 3.63) is 71.9 Å². The van der Waals surface area contributed by atoms with E-state index in [1.807, 2.05) is 48.1 Å².